The van der Waals surface area contributed by atoms with Crippen molar-refractivity contribution < 1.29 is 0 Å². The average Bonchev–Trinajstić information content (AvgIpc) is 2.82. The number of hydrogen-bond donors (Lipinski definition) is 0. The van der Waals surface area contributed by atoms with Crippen LogP contribution in [-0.2, 0) is 0 Å². The van der Waals surface area contributed by atoms with E-state index in [9.17, 15) is 0 Å². The lowest BCUT2D eigenvalue weighted by atomic mass is 10.1. The maximum Gasteiger partial charge on any atom is 0.156 e. The van der Waals surface area contributed by atoms with Gasteiger partial charge >= 0.3 is 0 Å². The Labute approximate surface area is 88.5 Å². The van der Waals surface area contributed by atoms with E-state index >= 15 is 0 Å². The summed E-state index contributed by atoms with van der Waals surface area (Å²) in [5.74, 6) is 1.50. The molecule has 1 aliphatic heterocycles. The van der Waals surface area contributed by atoms with Crippen LogP contribution in [0.1, 0.15) is 18.2 Å². The first-order valence-electron chi connectivity index (χ1n) is 5.33. The first-order chi connectivity index (χ1) is 7.33. The monoisotopic (exact) mass is 202 g/mol. The quantitative estimate of drug-likeness (QED) is 0.695. The number of aromatic nitrogens is 3. The van der Waals surface area contributed by atoms with Gasteiger partial charge in [0.05, 0.1) is 0 Å². The van der Waals surface area contributed by atoms with Gasteiger partial charge in [0.25, 0.3) is 0 Å². The largest absolute Gasteiger partial charge is 0.306 e. The molecule has 1 atom stereocenters. The van der Waals surface area contributed by atoms with Gasteiger partial charge in [-0.25, -0.2) is 9.50 Å². The first kappa shape index (κ1) is 8.85. The van der Waals surface area contributed by atoms with Gasteiger partial charge in [0.1, 0.15) is 0 Å². The molecule has 0 amide bonds. The number of nitrogens with zero attached hydrogens (tertiary/aromatic N) is 4. The fraction of sp³-hybridized carbons (Fsp3) is 0.455. The molecule has 3 rings (SSSR count). The molecule has 78 valence electrons. The minimum Gasteiger partial charge on any atom is -0.306 e. The Hall–Kier alpha value is -1.42. The number of rotatable bonds is 1. The second kappa shape index (κ2) is 3.31. The Balaban J connectivity index is 1.98. The van der Waals surface area contributed by atoms with E-state index in [0.717, 1.165) is 24.6 Å². The van der Waals surface area contributed by atoms with Gasteiger partial charge in [0.15, 0.2) is 11.5 Å². The fourth-order valence-corrected chi connectivity index (χ4v) is 2.17. The molecule has 0 saturated carbocycles. The summed E-state index contributed by atoms with van der Waals surface area (Å²) in [6.45, 7) is 2.23. The van der Waals surface area contributed by atoms with Crippen LogP contribution in [0.2, 0.25) is 0 Å². The molecule has 15 heavy (non-hydrogen) atoms. The van der Waals surface area contributed by atoms with Gasteiger partial charge in [-0.05, 0) is 32.1 Å². The molecule has 2 aromatic rings. The van der Waals surface area contributed by atoms with Gasteiger partial charge in [-0.3, -0.25) is 0 Å². The summed E-state index contributed by atoms with van der Waals surface area (Å²) < 4.78 is 1.85. The minimum absolute atomic E-state index is 0.509. The second-order valence-corrected chi connectivity index (χ2v) is 4.22. The van der Waals surface area contributed by atoms with Gasteiger partial charge in [-0.1, -0.05) is 6.07 Å². The van der Waals surface area contributed by atoms with Gasteiger partial charge < -0.3 is 4.90 Å². The maximum absolute atomic E-state index is 4.55. The second-order valence-electron chi connectivity index (χ2n) is 4.22. The predicted molar refractivity (Wildman–Crippen MR) is 57.8 cm³/mol. The van der Waals surface area contributed by atoms with E-state index in [2.05, 4.69) is 22.0 Å². The van der Waals surface area contributed by atoms with E-state index in [-0.39, 0.29) is 0 Å². The molecule has 0 bridgehead atoms. The number of pyridine rings is 1. The van der Waals surface area contributed by atoms with Gasteiger partial charge in [-0.2, -0.15) is 5.10 Å². The molecule has 2 aromatic heterocycles. The Bertz CT molecular complexity index is 443. The van der Waals surface area contributed by atoms with Crippen LogP contribution < -0.4 is 0 Å². The number of likely N-dealkylation sites (N-methyl/N-ethyl adjacent to an activating group) is 1. The van der Waals surface area contributed by atoms with Crippen LogP contribution in [0.25, 0.3) is 5.65 Å². The lowest BCUT2D eigenvalue weighted by Crippen LogP contribution is -2.13. The first-order valence-corrected chi connectivity index (χ1v) is 5.33. The van der Waals surface area contributed by atoms with Crippen molar-refractivity contribution in [3.63, 3.8) is 0 Å². The molecular weight excluding hydrogens is 188 g/mol. The highest BCUT2D eigenvalue weighted by atomic mass is 15.3. The van der Waals surface area contributed by atoms with Crippen LogP contribution in [0.5, 0.6) is 0 Å². The Morgan fingerprint density at radius 2 is 2.33 bits per heavy atom. The number of likely N-dealkylation sites (tertiary alicyclic amines) is 1. The number of hydrogen-bond acceptors (Lipinski definition) is 3. The van der Waals surface area contributed by atoms with Crippen LogP contribution in [0.4, 0.5) is 0 Å². The van der Waals surface area contributed by atoms with Crippen LogP contribution in [-0.4, -0.2) is 39.6 Å². The van der Waals surface area contributed by atoms with E-state index in [0.29, 0.717) is 5.92 Å². The van der Waals surface area contributed by atoms with Crippen LogP contribution in [0, 0.1) is 0 Å². The summed E-state index contributed by atoms with van der Waals surface area (Å²) in [5, 5.41) is 4.51. The van der Waals surface area contributed by atoms with Gasteiger partial charge in [0.2, 0.25) is 0 Å². The summed E-state index contributed by atoms with van der Waals surface area (Å²) in [6, 6.07) is 5.97. The van der Waals surface area contributed by atoms with Crippen molar-refractivity contribution >= 4 is 5.65 Å². The zero-order valence-electron chi connectivity index (χ0n) is 8.80. The molecule has 4 heteroatoms. The highest BCUT2D eigenvalue weighted by Gasteiger charge is 2.24. The SMILES string of the molecule is CN1CCC(c2nc3ccccn3n2)C1. The normalized spacial score (nSPS) is 22.6. The smallest absolute Gasteiger partial charge is 0.156 e. The molecule has 1 unspecified atom stereocenters. The third-order valence-corrected chi connectivity index (χ3v) is 3.01. The third-order valence-electron chi connectivity index (χ3n) is 3.01. The molecule has 1 fully saturated rings. The Morgan fingerprint density at radius 3 is 3.07 bits per heavy atom. The van der Waals surface area contributed by atoms with E-state index < -0.39 is 0 Å². The van der Waals surface area contributed by atoms with E-state index in [1.807, 2.05) is 28.9 Å². The summed E-state index contributed by atoms with van der Waals surface area (Å²) in [7, 11) is 2.15. The average molecular weight is 202 g/mol. The zero-order chi connectivity index (χ0) is 10.3. The lowest BCUT2D eigenvalue weighted by molar-refractivity contribution is 0.409. The summed E-state index contributed by atoms with van der Waals surface area (Å²) in [5.41, 5.74) is 0.946. The predicted octanol–water partition coefficient (Wildman–Crippen LogP) is 1.15. The molecule has 0 radical (unpaired) electrons. The molecule has 0 spiro atoms. The standard InChI is InChI=1S/C11H14N4/c1-14-7-5-9(8-14)11-12-10-4-2-3-6-15(10)13-11/h2-4,6,9H,5,7-8H2,1H3. The van der Waals surface area contributed by atoms with Crippen molar-refractivity contribution in [2.24, 2.45) is 0 Å². The summed E-state index contributed by atoms with van der Waals surface area (Å²) in [6.07, 6.45) is 3.12. The van der Waals surface area contributed by atoms with Crippen molar-refractivity contribution in [3.8, 4) is 0 Å². The minimum atomic E-state index is 0.509. The Morgan fingerprint density at radius 1 is 1.40 bits per heavy atom. The van der Waals surface area contributed by atoms with Crippen molar-refractivity contribution in [2.45, 2.75) is 12.3 Å². The highest BCUT2D eigenvalue weighted by molar-refractivity contribution is 5.36. The fourth-order valence-electron chi connectivity index (χ4n) is 2.17. The molecule has 1 aliphatic rings. The maximum atomic E-state index is 4.55. The Kier molecular flexibility index (Phi) is 1.95. The van der Waals surface area contributed by atoms with E-state index in [4.69, 9.17) is 0 Å². The lowest BCUT2D eigenvalue weighted by Gasteiger charge is -2.05. The van der Waals surface area contributed by atoms with Crippen LogP contribution >= 0.6 is 0 Å². The summed E-state index contributed by atoms with van der Waals surface area (Å²) >= 11 is 0. The molecule has 0 N–H and O–H groups in total. The molecule has 0 aromatic carbocycles. The van der Waals surface area contributed by atoms with E-state index in [1.54, 1.807) is 0 Å². The van der Waals surface area contributed by atoms with Crippen LogP contribution in [0.3, 0.4) is 0 Å². The van der Waals surface area contributed by atoms with Crippen molar-refractivity contribution in [3.05, 3.63) is 30.2 Å². The van der Waals surface area contributed by atoms with Crippen molar-refractivity contribution in [2.75, 3.05) is 20.1 Å². The zero-order valence-corrected chi connectivity index (χ0v) is 8.80. The van der Waals surface area contributed by atoms with Gasteiger partial charge in [-0.15, -0.1) is 0 Å². The highest BCUT2D eigenvalue weighted by Crippen LogP contribution is 2.23. The molecule has 3 heterocycles. The van der Waals surface area contributed by atoms with Crippen molar-refractivity contribution in [1.82, 2.24) is 19.5 Å². The molecular formula is C11H14N4. The molecule has 1 saturated heterocycles. The molecule has 0 aliphatic carbocycles. The van der Waals surface area contributed by atoms with Gasteiger partial charge in [0, 0.05) is 18.7 Å². The molecule has 4 nitrogen and oxygen atoms in total. The third kappa shape index (κ3) is 1.51. The number of fused-ring (bicyclic) bond motifs is 1. The van der Waals surface area contributed by atoms with E-state index in [1.165, 1.54) is 6.42 Å². The van der Waals surface area contributed by atoms with Crippen molar-refractivity contribution in [1.29, 1.82) is 0 Å². The summed E-state index contributed by atoms with van der Waals surface area (Å²) in [4.78, 5) is 6.88. The topological polar surface area (TPSA) is 33.4 Å². The van der Waals surface area contributed by atoms with Crippen LogP contribution in [0.15, 0.2) is 24.4 Å².